The second-order valence-corrected chi connectivity index (χ2v) is 5.87. The number of hydrogen-bond acceptors (Lipinski definition) is 3. The van der Waals surface area contributed by atoms with Crippen molar-refractivity contribution < 1.29 is 14.6 Å². The van der Waals surface area contributed by atoms with Gasteiger partial charge in [-0.3, -0.25) is 0 Å². The first kappa shape index (κ1) is 14.3. The van der Waals surface area contributed by atoms with Gasteiger partial charge in [0.2, 0.25) is 0 Å². The van der Waals surface area contributed by atoms with Gasteiger partial charge < -0.3 is 14.7 Å². The lowest BCUT2D eigenvalue weighted by Gasteiger charge is -2.43. The van der Waals surface area contributed by atoms with E-state index in [9.17, 15) is 4.79 Å². The number of carbonyl (C=O) groups is 1. The van der Waals surface area contributed by atoms with Gasteiger partial charge in [-0.15, -0.1) is 0 Å². The summed E-state index contributed by atoms with van der Waals surface area (Å²) in [5.74, 6) is 0.408. The summed E-state index contributed by atoms with van der Waals surface area (Å²) >= 11 is 0. The van der Waals surface area contributed by atoms with Crippen LogP contribution in [-0.2, 0) is 4.74 Å². The van der Waals surface area contributed by atoms with Crippen molar-refractivity contribution in [1.82, 2.24) is 4.90 Å². The van der Waals surface area contributed by atoms with E-state index in [-0.39, 0.29) is 24.3 Å². The molecular formula is C13H25NO3. The van der Waals surface area contributed by atoms with Crippen molar-refractivity contribution in [2.75, 3.05) is 13.7 Å². The average Bonchev–Trinajstić information content (AvgIpc) is 2.28. The van der Waals surface area contributed by atoms with Crippen LogP contribution in [0.15, 0.2) is 0 Å². The maximum Gasteiger partial charge on any atom is 0.410 e. The van der Waals surface area contributed by atoms with Gasteiger partial charge >= 0.3 is 6.09 Å². The first-order chi connectivity index (χ1) is 7.90. The molecule has 17 heavy (non-hydrogen) atoms. The van der Waals surface area contributed by atoms with Gasteiger partial charge in [-0.05, 0) is 52.4 Å². The van der Waals surface area contributed by atoms with Crippen LogP contribution >= 0.6 is 0 Å². The molecule has 0 saturated heterocycles. The number of methoxy groups -OCH3 is 1. The van der Waals surface area contributed by atoms with Gasteiger partial charge in [0.15, 0.2) is 0 Å². The molecule has 100 valence electrons. The number of aliphatic hydroxyl groups excluding tert-OH is 1. The Kier molecular flexibility index (Phi) is 4.80. The summed E-state index contributed by atoms with van der Waals surface area (Å²) in [6, 6.07) is 0.241. The molecule has 1 rings (SSSR count). The largest absolute Gasteiger partial charge is 0.453 e. The van der Waals surface area contributed by atoms with E-state index in [4.69, 9.17) is 9.84 Å². The highest BCUT2D eigenvalue weighted by Gasteiger charge is 2.36. The molecule has 4 nitrogen and oxygen atoms in total. The molecule has 0 aromatic rings. The second kappa shape index (κ2) is 5.71. The van der Waals surface area contributed by atoms with Crippen LogP contribution in [0, 0.1) is 5.92 Å². The second-order valence-electron chi connectivity index (χ2n) is 5.87. The zero-order valence-corrected chi connectivity index (χ0v) is 11.4. The van der Waals surface area contributed by atoms with Crippen LogP contribution in [-0.4, -0.2) is 41.4 Å². The predicted molar refractivity (Wildman–Crippen MR) is 66.8 cm³/mol. The van der Waals surface area contributed by atoms with Crippen molar-refractivity contribution in [1.29, 1.82) is 0 Å². The minimum Gasteiger partial charge on any atom is -0.453 e. The topological polar surface area (TPSA) is 49.8 Å². The Morgan fingerprint density at radius 1 is 1.29 bits per heavy atom. The Morgan fingerprint density at radius 3 is 2.18 bits per heavy atom. The van der Waals surface area contributed by atoms with E-state index in [1.165, 1.54) is 7.11 Å². The van der Waals surface area contributed by atoms with Gasteiger partial charge in [0.25, 0.3) is 0 Å². The third kappa shape index (κ3) is 3.60. The van der Waals surface area contributed by atoms with Gasteiger partial charge in [0, 0.05) is 18.2 Å². The molecule has 1 aliphatic carbocycles. The lowest BCUT2D eigenvalue weighted by atomic mass is 9.84. The average molecular weight is 243 g/mol. The van der Waals surface area contributed by atoms with Gasteiger partial charge in [0.05, 0.1) is 7.11 Å². The molecular weight excluding hydrogens is 218 g/mol. The van der Waals surface area contributed by atoms with Crippen LogP contribution < -0.4 is 0 Å². The molecule has 1 N–H and O–H groups in total. The zero-order valence-electron chi connectivity index (χ0n) is 11.4. The molecule has 1 fully saturated rings. The summed E-state index contributed by atoms with van der Waals surface area (Å²) in [7, 11) is 1.43. The summed E-state index contributed by atoms with van der Waals surface area (Å²) in [6.45, 7) is 6.35. The number of hydrogen-bond donors (Lipinski definition) is 1. The zero-order chi connectivity index (χ0) is 13.1. The molecule has 0 aliphatic heterocycles. The monoisotopic (exact) mass is 243 g/mol. The van der Waals surface area contributed by atoms with Gasteiger partial charge in [-0.1, -0.05) is 0 Å². The Balaban J connectivity index is 2.70. The van der Waals surface area contributed by atoms with E-state index in [2.05, 4.69) is 0 Å². The molecule has 0 spiro atoms. The highest BCUT2D eigenvalue weighted by atomic mass is 16.5. The first-order valence-electron chi connectivity index (χ1n) is 6.38. The molecule has 4 heteroatoms. The lowest BCUT2D eigenvalue weighted by Crippen LogP contribution is -2.52. The molecule has 1 aliphatic rings. The SMILES string of the molecule is COC(=O)N(C1CCC(CO)CC1)C(C)(C)C. The Morgan fingerprint density at radius 2 is 1.82 bits per heavy atom. The highest BCUT2D eigenvalue weighted by molar-refractivity contribution is 5.68. The fourth-order valence-electron chi connectivity index (χ4n) is 2.65. The van der Waals surface area contributed by atoms with Gasteiger partial charge in [0.1, 0.15) is 0 Å². The van der Waals surface area contributed by atoms with E-state index in [1.807, 2.05) is 25.7 Å². The van der Waals surface area contributed by atoms with E-state index in [0.717, 1.165) is 25.7 Å². The summed E-state index contributed by atoms with van der Waals surface area (Å²) < 4.78 is 4.88. The Labute approximate surface area is 104 Å². The normalized spacial score (nSPS) is 25.5. The minimum absolute atomic E-state index is 0.218. The molecule has 0 radical (unpaired) electrons. The molecule has 0 unspecified atom stereocenters. The number of ether oxygens (including phenoxy) is 1. The smallest absolute Gasteiger partial charge is 0.410 e. The Hall–Kier alpha value is -0.770. The molecule has 0 heterocycles. The van der Waals surface area contributed by atoms with Crippen LogP contribution in [0.2, 0.25) is 0 Å². The summed E-state index contributed by atoms with van der Waals surface area (Å²) in [4.78, 5) is 13.7. The van der Waals surface area contributed by atoms with E-state index < -0.39 is 0 Å². The van der Waals surface area contributed by atoms with Crippen molar-refractivity contribution in [3.63, 3.8) is 0 Å². The van der Waals surface area contributed by atoms with Crippen LogP contribution in [0.5, 0.6) is 0 Å². The van der Waals surface area contributed by atoms with Crippen molar-refractivity contribution in [3.8, 4) is 0 Å². The van der Waals surface area contributed by atoms with E-state index >= 15 is 0 Å². The predicted octanol–water partition coefficient (Wildman–Crippen LogP) is 2.40. The summed E-state index contributed by atoms with van der Waals surface area (Å²) in [6.07, 6.45) is 3.65. The van der Waals surface area contributed by atoms with Crippen molar-refractivity contribution in [2.45, 2.75) is 58.0 Å². The van der Waals surface area contributed by atoms with Gasteiger partial charge in [-0.2, -0.15) is 0 Å². The molecule has 0 aromatic carbocycles. The standard InChI is InChI=1S/C13H25NO3/c1-13(2,3)14(12(16)17-4)11-7-5-10(9-15)6-8-11/h10-11,15H,5-9H2,1-4H3. The first-order valence-corrected chi connectivity index (χ1v) is 6.38. The molecule has 0 aromatic heterocycles. The van der Waals surface area contributed by atoms with Crippen LogP contribution in [0.25, 0.3) is 0 Å². The maximum absolute atomic E-state index is 11.9. The molecule has 0 atom stereocenters. The fourth-order valence-corrected chi connectivity index (χ4v) is 2.65. The fraction of sp³-hybridized carbons (Fsp3) is 0.923. The quantitative estimate of drug-likeness (QED) is 0.810. The van der Waals surface area contributed by atoms with E-state index in [1.54, 1.807) is 0 Å². The van der Waals surface area contributed by atoms with Crippen LogP contribution in [0.4, 0.5) is 4.79 Å². The third-order valence-corrected chi connectivity index (χ3v) is 3.53. The van der Waals surface area contributed by atoms with Crippen molar-refractivity contribution in [2.24, 2.45) is 5.92 Å². The Bertz CT molecular complexity index is 252. The molecule has 0 bridgehead atoms. The number of amides is 1. The number of nitrogens with zero attached hydrogens (tertiary/aromatic N) is 1. The minimum atomic E-state index is -0.245. The number of carbonyl (C=O) groups excluding carboxylic acids is 1. The molecule has 1 amide bonds. The third-order valence-electron chi connectivity index (χ3n) is 3.53. The van der Waals surface area contributed by atoms with Crippen molar-refractivity contribution in [3.05, 3.63) is 0 Å². The van der Waals surface area contributed by atoms with E-state index in [0.29, 0.717) is 5.92 Å². The van der Waals surface area contributed by atoms with Crippen LogP contribution in [0.1, 0.15) is 46.5 Å². The lowest BCUT2D eigenvalue weighted by molar-refractivity contribution is 0.0350. The summed E-state index contributed by atoms with van der Waals surface area (Å²) in [5, 5.41) is 9.13. The van der Waals surface area contributed by atoms with Crippen molar-refractivity contribution >= 4 is 6.09 Å². The number of rotatable bonds is 2. The van der Waals surface area contributed by atoms with Crippen LogP contribution in [0.3, 0.4) is 0 Å². The molecule has 1 saturated carbocycles. The number of aliphatic hydroxyl groups is 1. The highest BCUT2D eigenvalue weighted by Crippen LogP contribution is 2.31. The maximum atomic E-state index is 11.9. The van der Waals surface area contributed by atoms with Gasteiger partial charge in [-0.25, -0.2) is 4.79 Å². The summed E-state index contributed by atoms with van der Waals surface area (Å²) in [5.41, 5.74) is -0.218.